The maximum Gasteiger partial charge on any atom is 0.409 e. The van der Waals surface area contributed by atoms with Crippen molar-refractivity contribution < 1.29 is 18.7 Å². The van der Waals surface area contributed by atoms with Crippen LogP contribution in [0.15, 0.2) is 24.3 Å². The number of carbonyl (C=O) groups excluding carboxylic acids is 2. The second-order valence-electron chi connectivity index (χ2n) is 5.83. The number of methoxy groups -OCH3 is 1. The number of amides is 2. The molecule has 6 heteroatoms. The third-order valence-electron chi connectivity index (χ3n) is 4.15. The fourth-order valence-corrected chi connectivity index (χ4v) is 2.84. The van der Waals surface area contributed by atoms with Crippen LogP contribution in [-0.4, -0.2) is 55.1 Å². The topological polar surface area (TPSA) is 49.9 Å². The van der Waals surface area contributed by atoms with Crippen LogP contribution >= 0.6 is 0 Å². The minimum Gasteiger partial charge on any atom is -0.453 e. The molecule has 0 N–H and O–H groups in total. The minimum absolute atomic E-state index is 0.0000288. The molecule has 1 fully saturated rings. The smallest absolute Gasteiger partial charge is 0.409 e. The van der Waals surface area contributed by atoms with Gasteiger partial charge in [-0.25, -0.2) is 9.18 Å². The van der Waals surface area contributed by atoms with Gasteiger partial charge in [-0.05, 0) is 24.5 Å². The summed E-state index contributed by atoms with van der Waals surface area (Å²) in [5.74, 6) is -0.573. The van der Waals surface area contributed by atoms with Crippen molar-refractivity contribution in [1.82, 2.24) is 9.80 Å². The fourth-order valence-electron chi connectivity index (χ4n) is 2.84. The van der Waals surface area contributed by atoms with E-state index in [2.05, 4.69) is 0 Å². The van der Waals surface area contributed by atoms with Crippen molar-refractivity contribution in [1.29, 1.82) is 0 Å². The van der Waals surface area contributed by atoms with E-state index in [0.29, 0.717) is 44.6 Å². The average Bonchev–Trinajstić information content (AvgIpc) is 2.81. The molecule has 2 amide bonds. The summed E-state index contributed by atoms with van der Waals surface area (Å²) in [6, 6.07) is 6.53. The summed E-state index contributed by atoms with van der Waals surface area (Å²) in [6.45, 7) is 3.95. The molecule has 0 bridgehead atoms. The van der Waals surface area contributed by atoms with Crippen LogP contribution < -0.4 is 0 Å². The van der Waals surface area contributed by atoms with Gasteiger partial charge >= 0.3 is 6.09 Å². The predicted octanol–water partition coefficient (Wildman–Crippen LogP) is 2.31. The van der Waals surface area contributed by atoms with Gasteiger partial charge < -0.3 is 14.5 Å². The molecule has 1 saturated heterocycles. The van der Waals surface area contributed by atoms with Gasteiger partial charge in [0.15, 0.2) is 0 Å². The first-order chi connectivity index (χ1) is 11.0. The van der Waals surface area contributed by atoms with Gasteiger partial charge in [-0.3, -0.25) is 4.79 Å². The highest BCUT2D eigenvalue weighted by molar-refractivity contribution is 5.79. The molecule has 2 rings (SSSR count). The summed E-state index contributed by atoms with van der Waals surface area (Å²) in [6.07, 6.45) is 0.731. The number of benzene rings is 1. The molecule has 1 aliphatic rings. The van der Waals surface area contributed by atoms with Crippen LogP contribution in [-0.2, 0) is 16.0 Å². The molecule has 1 heterocycles. The molecular weight excluding hydrogens is 299 g/mol. The highest BCUT2D eigenvalue weighted by Crippen LogP contribution is 2.16. The molecule has 23 heavy (non-hydrogen) atoms. The van der Waals surface area contributed by atoms with Gasteiger partial charge in [0.05, 0.1) is 7.11 Å². The van der Waals surface area contributed by atoms with E-state index in [9.17, 15) is 14.0 Å². The Morgan fingerprint density at radius 3 is 2.52 bits per heavy atom. The van der Waals surface area contributed by atoms with E-state index in [1.54, 1.807) is 28.0 Å². The summed E-state index contributed by atoms with van der Waals surface area (Å²) >= 11 is 0. The summed E-state index contributed by atoms with van der Waals surface area (Å²) < 4.78 is 18.4. The molecule has 0 radical (unpaired) electrons. The summed E-state index contributed by atoms with van der Waals surface area (Å²) in [4.78, 5) is 27.5. The average molecular weight is 322 g/mol. The summed E-state index contributed by atoms with van der Waals surface area (Å²) in [5, 5.41) is 0. The van der Waals surface area contributed by atoms with Gasteiger partial charge in [-0.1, -0.05) is 25.1 Å². The molecule has 0 unspecified atom stereocenters. The van der Waals surface area contributed by atoms with Crippen LogP contribution in [0.2, 0.25) is 0 Å². The van der Waals surface area contributed by atoms with Crippen LogP contribution in [0.1, 0.15) is 18.9 Å². The van der Waals surface area contributed by atoms with Crippen LogP contribution in [0.5, 0.6) is 0 Å². The van der Waals surface area contributed by atoms with Crippen molar-refractivity contribution in [2.24, 2.45) is 5.92 Å². The van der Waals surface area contributed by atoms with Gasteiger partial charge in [0.25, 0.3) is 0 Å². The van der Waals surface area contributed by atoms with Crippen molar-refractivity contribution >= 4 is 12.0 Å². The Balaban J connectivity index is 1.94. The number of hydrogen-bond donors (Lipinski definition) is 0. The molecule has 0 spiro atoms. The first-order valence-electron chi connectivity index (χ1n) is 7.88. The zero-order valence-corrected chi connectivity index (χ0v) is 13.6. The van der Waals surface area contributed by atoms with E-state index in [1.807, 2.05) is 6.92 Å². The molecule has 1 aliphatic heterocycles. The zero-order valence-electron chi connectivity index (χ0n) is 13.6. The van der Waals surface area contributed by atoms with Crippen molar-refractivity contribution in [2.75, 3.05) is 33.3 Å². The Labute approximate surface area is 136 Å². The molecular formula is C17H23FN2O3. The Hall–Kier alpha value is -2.11. The normalized spacial score (nSPS) is 16.7. The Morgan fingerprint density at radius 1 is 1.17 bits per heavy atom. The molecule has 1 atom stereocenters. The summed E-state index contributed by atoms with van der Waals surface area (Å²) in [7, 11) is 1.35. The Morgan fingerprint density at radius 2 is 1.83 bits per heavy atom. The van der Waals surface area contributed by atoms with Crippen molar-refractivity contribution in [3.63, 3.8) is 0 Å². The number of nitrogens with zero attached hydrogens (tertiary/aromatic N) is 2. The fraction of sp³-hybridized carbons (Fsp3) is 0.529. The SMILES string of the molecule is COC(=O)N1CCCN(C(=O)[C@@H](C)Cc2ccccc2F)CC1. The minimum atomic E-state index is -0.362. The third kappa shape index (κ3) is 4.43. The quantitative estimate of drug-likeness (QED) is 0.858. The van der Waals surface area contributed by atoms with Gasteiger partial charge in [-0.2, -0.15) is 0 Å². The van der Waals surface area contributed by atoms with Crippen LogP contribution in [0.4, 0.5) is 9.18 Å². The number of carbonyl (C=O) groups is 2. The first-order valence-corrected chi connectivity index (χ1v) is 7.88. The molecule has 1 aromatic rings. The van der Waals surface area contributed by atoms with Gasteiger partial charge in [-0.15, -0.1) is 0 Å². The zero-order chi connectivity index (χ0) is 16.8. The lowest BCUT2D eigenvalue weighted by molar-refractivity contribution is -0.134. The largest absolute Gasteiger partial charge is 0.453 e. The highest BCUT2D eigenvalue weighted by atomic mass is 19.1. The standard InChI is InChI=1S/C17H23FN2O3/c1-13(12-14-6-3-4-7-15(14)18)16(21)19-8-5-9-20(11-10-19)17(22)23-2/h3-4,6-7,13H,5,8-12H2,1-2H3/t13-/m0/s1. The van der Waals surface area contributed by atoms with Gasteiger partial charge in [0.1, 0.15) is 5.82 Å². The summed E-state index contributed by atoms with van der Waals surface area (Å²) in [5.41, 5.74) is 0.555. The number of ether oxygens (including phenoxy) is 1. The van der Waals surface area contributed by atoms with Crippen molar-refractivity contribution in [2.45, 2.75) is 19.8 Å². The van der Waals surface area contributed by atoms with E-state index < -0.39 is 0 Å². The lowest BCUT2D eigenvalue weighted by Gasteiger charge is -2.24. The molecule has 126 valence electrons. The van der Waals surface area contributed by atoms with E-state index in [0.717, 1.165) is 0 Å². The van der Waals surface area contributed by atoms with Crippen molar-refractivity contribution in [3.8, 4) is 0 Å². The monoisotopic (exact) mass is 322 g/mol. The van der Waals surface area contributed by atoms with E-state index in [-0.39, 0.29) is 23.7 Å². The van der Waals surface area contributed by atoms with Crippen LogP contribution in [0, 0.1) is 11.7 Å². The first kappa shape index (κ1) is 17.2. The predicted molar refractivity (Wildman–Crippen MR) is 84.4 cm³/mol. The Kier molecular flexibility index (Phi) is 5.96. The number of rotatable bonds is 3. The third-order valence-corrected chi connectivity index (χ3v) is 4.15. The van der Waals surface area contributed by atoms with Crippen molar-refractivity contribution in [3.05, 3.63) is 35.6 Å². The van der Waals surface area contributed by atoms with E-state index >= 15 is 0 Å². The van der Waals surface area contributed by atoms with Gasteiger partial charge in [0, 0.05) is 32.1 Å². The lowest BCUT2D eigenvalue weighted by Crippen LogP contribution is -2.39. The Bertz CT molecular complexity index is 565. The van der Waals surface area contributed by atoms with E-state index in [4.69, 9.17) is 4.74 Å². The maximum absolute atomic E-state index is 13.7. The number of halogens is 1. The molecule has 0 aliphatic carbocycles. The molecule has 5 nitrogen and oxygen atoms in total. The highest BCUT2D eigenvalue weighted by Gasteiger charge is 2.25. The second-order valence-corrected chi connectivity index (χ2v) is 5.83. The van der Waals surface area contributed by atoms with Crippen LogP contribution in [0.25, 0.3) is 0 Å². The molecule has 1 aromatic carbocycles. The van der Waals surface area contributed by atoms with Gasteiger partial charge in [0.2, 0.25) is 5.91 Å². The number of hydrogen-bond acceptors (Lipinski definition) is 3. The second kappa shape index (κ2) is 7.94. The molecule has 0 aromatic heterocycles. The van der Waals surface area contributed by atoms with Crippen LogP contribution in [0.3, 0.4) is 0 Å². The molecule has 0 saturated carbocycles. The maximum atomic E-state index is 13.7. The van der Waals surface area contributed by atoms with E-state index in [1.165, 1.54) is 13.2 Å². The lowest BCUT2D eigenvalue weighted by atomic mass is 9.99.